The summed E-state index contributed by atoms with van der Waals surface area (Å²) in [5.74, 6) is -3.15. The van der Waals surface area contributed by atoms with Gasteiger partial charge in [0.15, 0.2) is 0 Å². The number of nitrogens with one attached hydrogen (secondary N) is 2. The minimum absolute atomic E-state index is 0.0449. The Balaban J connectivity index is 1.73. The number of amides is 2. The van der Waals surface area contributed by atoms with Crippen molar-refractivity contribution in [3.05, 3.63) is 12.2 Å². The van der Waals surface area contributed by atoms with Crippen LogP contribution in [0, 0.1) is 23.7 Å². The van der Waals surface area contributed by atoms with Gasteiger partial charge in [0.05, 0.1) is 11.8 Å². The second-order valence-corrected chi connectivity index (χ2v) is 5.18. The van der Waals surface area contributed by atoms with Gasteiger partial charge in [-0.2, -0.15) is 0 Å². The smallest absolute Gasteiger partial charge is 0.307 e. The van der Waals surface area contributed by atoms with Gasteiger partial charge in [-0.3, -0.25) is 19.2 Å². The maximum absolute atomic E-state index is 12.2. The standard InChI is InChI=1S/C12H14N2O5/c15-10-7(4-19-14-10)13-11(16)8-5-1-2-6(3-5)9(8)12(17)18/h1-2,5-9H,3-4H2,(H,13,16)(H,14,15)(H,17,18)/t5?,6?,7-,8?,9?/m1/s1. The number of hydrogen-bond donors (Lipinski definition) is 3. The number of carboxylic acid groups (broad SMARTS) is 1. The molecule has 0 aromatic rings. The van der Waals surface area contributed by atoms with Gasteiger partial charge >= 0.3 is 5.97 Å². The molecule has 1 heterocycles. The van der Waals surface area contributed by atoms with E-state index in [4.69, 9.17) is 4.84 Å². The summed E-state index contributed by atoms with van der Waals surface area (Å²) < 4.78 is 0. The predicted molar refractivity (Wildman–Crippen MR) is 61.4 cm³/mol. The highest BCUT2D eigenvalue weighted by Crippen LogP contribution is 2.48. The first-order valence-corrected chi connectivity index (χ1v) is 6.21. The second kappa shape index (κ2) is 4.34. The summed E-state index contributed by atoms with van der Waals surface area (Å²) in [5, 5.41) is 11.8. The van der Waals surface area contributed by atoms with Gasteiger partial charge in [-0.15, -0.1) is 0 Å². The van der Waals surface area contributed by atoms with E-state index in [1.165, 1.54) is 0 Å². The molecule has 3 N–H and O–H groups in total. The van der Waals surface area contributed by atoms with Crippen molar-refractivity contribution in [1.82, 2.24) is 10.8 Å². The largest absolute Gasteiger partial charge is 0.481 e. The molecule has 1 saturated carbocycles. The van der Waals surface area contributed by atoms with Crippen LogP contribution < -0.4 is 10.8 Å². The van der Waals surface area contributed by atoms with Crippen molar-refractivity contribution < 1.29 is 24.3 Å². The molecule has 0 aromatic carbocycles. The Morgan fingerprint density at radius 1 is 1.32 bits per heavy atom. The number of fused-ring (bicyclic) bond motifs is 2. The van der Waals surface area contributed by atoms with E-state index in [0.29, 0.717) is 6.42 Å². The lowest BCUT2D eigenvalue weighted by molar-refractivity contribution is -0.148. The van der Waals surface area contributed by atoms with Crippen molar-refractivity contribution >= 4 is 17.8 Å². The molecule has 2 bridgehead atoms. The fourth-order valence-corrected chi connectivity index (χ4v) is 3.23. The molecular formula is C12H14N2O5. The third-order valence-corrected chi connectivity index (χ3v) is 4.10. The Morgan fingerprint density at radius 2 is 2.00 bits per heavy atom. The van der Waals surface area contributed by atoms with E-state index in [1.54, 1.807) is 0 Å². The van der Waals surface area contributed by atoms with E-state index in [0.717, 1.165) is 0 Å². The minimum atomic E-state index is -0.955. The Labute approximate surface area is 108 Å². The number of hydrogen-bond acceptors (Lipinski definition) is 4. The quantitative estimate of drug-likeness (QED) is 0.572. The molecule has 1 saturated heterocycles. The highest BCUT2D eigenvalue weighted by Gasteiger charge is 2.52. The van der Waals surface area contributed by atoms with Gasteiger partial charge in [-0.25, -0.2) is 5.48 Å². The van der Waals surface area contributed by atoms with E-state index in [9.17, 15) is 19.5 Å². The van der Waals surface area contributed by atoms with Gasteiger partial charge in [0.25, 0.3) is 5.91 Å². The first-order chi connectivity index (χ1) is 9.08. The summed E-state index contributed by atoms with van der Waals surface area (Å²) in [6, 6.07) is -0.731. The molecule has 4 unspecified atom stereocenters. The number of carboxylic acids is 1. The average Bonchev–Trinajstić information content (AvgIpc) is 3.04. The van der Waals surface area contributed by atoms with Crippen molar-refractivity contribution in [2.45, 2.75) is 12.5 Å². The molecule has 7 heteroatoms. The van der Waals surface area contributed by atoms with Crippen molar-refractivity contribution in [2.75, 3.05) is 6.61 Å². The zero-order valence-electron chi connectivity index (χ0n) is 10.0. The van der Waals surface area contributed by atoms with Crippen LogP contribution in [0.4, 0.5) is 0 Å². The number of allylic oxidation sites excluding steroid dienone is 2. The SMILES string of the molecule is O=C(O)C1C2C=CC(C2)C1C(=O)N[C@@H]1CONC1=O. The lowest BCUT2D eigenvalue weighted by atomic mass is 9.82. The van der Waals surface area contributed by atoms with E-state index >= 15 is 0 Å². The van der Waals surface area contributed by atoms with Crippen LogP contribution >= 0.6 is 0 Å². The number of aliphatic carboxylic acids is 1. The number of hydroxylamine groups is 1. The van der Waals surface area contributed by atoms with Crippen LogP contribution in [-0.4, -0.2) is 35.5 Å². The Bertz CT molecular complexity index is 475. The van der Waals surface area contributed by atoms with Gasteiger partial charge in [0.1, 0.15) is 12.6 Å². The van der Waals surface area contributed by atoms with Crippen LogP contribution in [0.1, 0.15) is 6.42 Å². The van der Waals surface area contributed by atoms with Gasteiger partial charge in [-0.1, -0.05) is 12.2 Å². The van der Waals surface area contributed by atoms with Gasteiger partial charge < -0.3 is 10.4 Å². The van der Waals surface area contributed by atoms with E-state index in [1.807, 2.05) is 12.2 Å². The molecule has 102 valence electrons. The Hall–Kier alpha value is -1.89. The van der Waals surface area contributed by atoms with E-state index in [2.05, 4.69) is 10.8 Å². The third kappa shape index (κ3) is 1.90. The summed E-state index contributed by atoms with van der Waals surface area (Å²) in [7, 11) is 0. The molecule has 0 aromatic heterocycles. The highest BCUT2D eigenvalue weighted by atomic mass is 16.7. The molecule has 19 heavy (non-hydrogen) atoms. The van der Waals surface area contributed by atoms with Crippen molar-refractivity contribution in [2.24, 2.45) is 23.7 Å². The first-order valence-electron chi connectivity index (χ1n) is 6.21. The van der Waals surface area contributed by atoms with Gasteiger partial charge in [0, 0.05) is 0 Å². The lowest BCUT2D eigenvalue weighted by Crippen LogP contribution is -2.47. The van der Waals surface area contributed by atoms with E-state index < -0.39 is 29.8 Å². The monoisotopic (exact) mass is 266 g/mol. The summed E-state index contributed by atoms with van der Waals surface area (Å²) in [4.78, 5) is 39.5. The van der Waals surface area contributed by atoms with Crippen molar-refractivity contribution in [1.29, 1.82) is 0 Å². The maximum Gasteiger partial charge on any atom is 0.307 e. The molecule has 1 aliphatic heterocycles. The fourth-order valence-electron chi connectivity index (χ4n) is 3.23. The fraction of sp³-hybridized carbons (Fsp3) is 0.583. The number of carbonyl (C=O) groups is 3. The molecule has 2 amide bonds. The number of carbonyl (C=O) groups excluding carboxylic acids is 2. The highest BCUT2D eigenvalue weighted by molar-refractivity contribution is 5.91. The third-order valence-electron chi connectivity index (χ3n) is 4.10. The topological polar surface area (TPSA) is 105 Å². The maximum atomic E-state index is 12.2. The van der Waals surface area contributed by atoms with Crippen LogP contribution in [-0.2, 0) is 19.2 Å². The number of rotatable bonds is 3. The molecule has 7 nitrogen and oxygen atoms in total. The molecule has 2 fully saturated rings. The van der Waals surface area contributed by atoms with Crippen LogP contribution in [0.3, 0.4) is 0 Å². The summed E-state index contributed by atoms with van der Waals surface area (Å²) in [6.45, 7) is 0.0684. The molecule has 3 aliphatic rings. The van der Waals surface area contributed by atoms with Crippen molar-refractivity contribution in [3.8, 4) is 0 Å². The summed E-state index contributed by atoms with van der Waals surface area (Å²) >= 11 is 0. The van der Waals surface area contributed by atoms with Crippen LogP contribution in [0.25, 0.3) is 0 Å². The van der Waals surface area contributed by atoms with Gasteiger partial charge in [-0.05, 0) is 18.3 Å². The zero-order valence-corrected chi connectivity index (χ0v) is 10.0. The van der Waals surface area contributed by atoms with Crippen LogP contribution in [0.5, 0.6) is 0 Å². The summed E-state index contributed by atoms with van der Waals surface area (Å²) in [6.07, 6.45) is 4.47. The average molecular weight is 266 g/mol. The summed E-state index contributed by atoms with van der Waals surface area (Å²) in [5.41, 5.74) is 2.15. The minimum Gasteiger partial charge on any atom is -0.481 e. The first kappa shape index (κ1) is 12.2. The molecule has 3 rings (SSSR count). The van der Waals surface area contributed by atoms with Crippen molar-refractivity contribution in [3.63, 3.8) is 0 Å². The second-order valence-electron chi connectivity index (χ2n) is 5.18. The lowest BCUT2D eigenvalue weighted by Gasteiger charge is -2.24. The molecule has 0 radical (unpaired) electrons. The predicted octanol–water partition coefficient (Wildman–Crippen LogP) is -0.944. The van der Waals surface area contributed by atoms with Crippen LogP contribution in [0.2, 0.25) is 0 Å². The van der Waals surface area contributed by atoms with E-state index in [-0.39, 0.29) is 24.3 Å². The molecule has 5 atom stereocenters. The Morgan fingerprint density at radius 3 is 2.58 bits per heavy atom. The zero-order chi connectivity index (χ0) is 13.6. The Kier molecular flexibility index (Phi) is 2.78. The molecule has 2 aliphatic carbocycles. The van der Waals surface area contributed by atoms with Gasteiger partial charge in [0.2, 0.25) is 5.91 Å². The normalized spacial score (nSPS) is 39.4. The molecular weight excluding hydrogens is 252 g/mol. The van der Waals surface area contributed by atoms with Crippen LogP contribution in [0.15, 0.2) is 12.2 Å². The molecule has 0 spiro atoms.